The molecule has 1 aromatic heterocycles. The van der Waals surface area contributed by atoms with E-state index in [1.165, 1.54) is 10.4 Å². The second-order valence-corrected chi connectivity index (χ2v) is 7.77. The second kappa shape index (κ2) is 5.27. The van der Waals surface area contributed by atoms with E-state index in [0.717, 1.165) is 35.4 Å². The molecule has 0 fully saturated rings. The molecular weight excluding hydrogens is 308 g/mol. The Morgan fingerprint density at radius 1 is 1.30 bits per heavy atom. The molecule has 0 radical (unpaired) electrons. The second-order valence-electron chi connectivity index (χ2n) is 6.67. The van der Waals surface area contributed by atoms with Crippen LogP contribution in [0.25, 0.3) is 0 Å². The van der Waals surface area contributed by atoms with Crippen LogP contribution >= 0.6 is 11.3 Å². The van der Waals surface area contributed by atoms with Gasteiger partial charge in [-0.2, -0.15) is 0 Å². The van der Waals surface area contributed by atoms with Crippen LogP contribution < -0.4 is 10.6 Å². The number of benzene rings is 1. The quantitative estimate of drug-likeness (QED) is 0.747. The van der Waals surface area contributed by atoms with E-state index < -0.39 is 0 Å². The molecule has 5 heteroatoms. The lowest BCUT2D eigenvalue weighted by Crippen LogP contribution is -2.38. The Bertz CT molecular complexity index is 797. The zero-order chi connectivity index (χ0) is 16.1. The molecule has 2 aromatic rings. The number of phenols is 1. The first-order valence-electron chi connectivity index (χ1n) is 8.04. The van der Waals surface area contributed by atoms with Crippen molar-refractivity contribution in [1.29, 1.82) is 0 Å². The van der Waals surface area contributed by atoms with Gasteiger partial charge < -0.3 is 15.7 Å². The molecule has 0 saturated carbocycles. The molecule has 0 spiro atoms. The van der Waals surface area contributed by atoms with Crippen molar-refractivity contribution in [1.82, 2.24) is 5.32 Å². The summed E-state index contributed by atoms with van der Waals surface area (Å²) >= 11 is 1.70. The molecule has 1 aromatic carbocycles. The minimum Gasteiger partial charge on any atom is -0.508 e. The maximum atomic E-state index is 12.7. The Hall–Kier alpha value is -2.01. The van der Waals surface area contributed by atoms with Crippen molar-refractivity contribution in [3.8, 4) is 5.75 Å². The summed E-state index contributed by atoms with van der Waals surface area (Å²) in [4.78, 5) is 14.0. The SMILES string of the molecule is Cc1ccc(O)c([C@@H]2NC(=O)c3c(sc4c3CC[C@@H](C)C4)N2)c1. The number of aromatic hydroxyl groups is 1. The predicted octanol–water partition coefficient (Wildman–Crippen LogP) is 3.74. The molecule has 0 bridgehead atoms. The Balaban J connectivity index is 1.73. The lowest BCUT2D eigenvalue weighted by Gasteiger charge is -2.27. The van der Waals surface area contributed by atoms with Gasteiger partial charge in [0.05, 0.1) is 5.56 Å². The van der Waals surface area contributed by atoms with E-state index in [4.69, 9.17) is 0 Å². The molecule has 1 aliphatic carbocycles. The summed E-state index contributed by atoms with van der Waals surface area (Å²) in [6.07, 6.45) is 2.80. The highest BCUT2D eigenvalue weighted by Crippen LogP contribution is 2.43. The smallest absolute Gasteiger partial charge is 0.256 e. The number of rotatable bonds is 1. The van der Waals surface area contributed by atoms with Gasteiger partial charge in [-0.25, -0.2) is 0 Å². The van der Waals surface area contributed by atoms with E-state index in [-0.39, 0.29) is 17.8 Å². The molecule has 23 heavy (non-hydrogen) atoms. The largest absolute Gasteiger partial charge is 0.508 e. The lowest BCUT2D eigenvalue weighted by atomic mass is 9.88. The first kappa shape index (κ1) is 14.6. The maximum absolute atomic E-state index is 12.7. The van der Waals surface area contributed by atoms with Crippen molar-refractivity contribution in [2.45, 2.75) is 39.3 Å². The molecule has 4 nitrogen and oxygen atoms in total. The van der Waals surface area contributed by atoms with Crippen LogP contribution in [0.15, 0.2) is 18.2 Å². The maximum Gasteiger partial charge on any atom is 0.256 e. The summed E-state index contributed by atoms with van der Waals surface area (Å²) in [5.41, 5.74) is 3.81. The van der Waals surface area contributed by atoms with E-state index >= 15 is 0 Å². The van der Waals surface area contributed by atoms with Crippen LogP contribution in [0, 0.1) is 12.8 Å². The average molecular weight is 328 g/mol. The fourth-order valence-electron chi connectivity index (χ4n) is 3.52. The van der Waals surface area contributed by atoms with Gasteiger partial charge in [-0.3, -0.25) is 4.79 Å². The normalized spacial score (nSPS) is 22.8. The van der Waals surface area contributed by atoms with Crippen LogP contribution in [0.2, 0.25) is 0 Å². The van der Waals surface area contributed by atoms with Gasteiger partial charge in [0.2, 0.25) is 0 Å². The first-order valence-corrected chi connectivity index (χ1v) is 8.86. The highest BCUT2D eigenvalue weighted by molar-refractivity contribution is 7.16. The van der Waals surface area contributed by atoms with Crippen LogP contribution in [0.5, 0.6) is 5.75 Å². The van der Waals surface area contributed by atoms with Crippen molar-refractivity contribution in [3.63, 3.8) is 0 Å². The van der Waals surface area contributed by atoms with E-state index in [1.54, 1.807) is 17.4 Å². The lowest BCUT2D eigenvalue weighted by molar-refractivity contribution is 0.0935. The van der Waals surface area contributed by atoms with Gasteiger partial charge in [-0.05, 0) is 49.8 Å². The minimum atomic E-state index is -0.382. The molecule has 3 N–H and O–H groups in total. The van der Waals surface area contributed by atoms with Crippen LogP contribution in [-0.2, 0) is 12.8 Å². The van der Waals surface area contributed by atoms with Gasteiger partial charge in [0, 0.05) is 10.4 Å². The molecule has 4 rings (SSSR count). The van der Waals surface area contributed by atoms with Crippen molar-refractivity contribution in [2.24, 2.45) is 5.92 Å². The summed E-state index contributed by atoms with van der Waals surface area (Å²) in [7, 11) is 0. The predicted molar refractivity (Wildman–Crippen MR) is 92.2 cm³/mol. The number of thiophene rings is 1. The summed E-state index contributed by atoms with van der Waals surface area (Å²) < 4.78 is 0. The van der Waals surface area contributed by atoms with Crippen LogP contribution in [0.3, 0.4) is 0 Å². The van der Waals surface area contributed by atoms with Crippen molar-refractivity contribution in [2.75, 3.05) is 5.32 Å². The number of fused-ring (bicyclic) bond motifs is 3. The van der Waals surface area contributed by atoms with Gasteiger partial charge >= 0.3 is 0 Å². The molecular formula is C18H20N2O2S. The number of phenolic OH excluding ortho intramolecular Hbond substituents is 1. The van der Waals surface area contributed by atoms with Crippen molar-refractivity contribution < 1.29 is 9.90 Å². The molecule has 1 aliphatic heterocycles. The Labute approximate surface area is 139 Å². The fraction of sp³-hybridized carbons (Fsp3) is 0.389. The van der Waals surface area contributed by atoms with Gasteiger partial charge in [0.1, 0.15) is 16.9 Å². The number of hydrogen-bond acceptors (Lipinski definition) is 4. The number of hydrogen-bond donors (Lipinski definition) is 3. The summed E-state index contributed by atoms with van der Waals surface area (Å²) in [5, 5.41) is 17.5. The first-order chi connectivity index (χ1) is 11.0. The van der Waals surface area contributed by atoms with E-state index in [9.17, 15) is 9.90 Å². The van der Waals surface area contributed by atoms with E-state index in [0.29, 0.717) is 11.5 Å². The highest BCUT2D eigenvalue weighted by atomic mass is 32.1. The number of nitrogens with one attached hydrogen (secondary N) is 2. The van der Waals surface area contributed by atoms with Crippen molar-refractivity contribution in [3.05, 3.63) is 45.3 Å². The van der Waals surface area contributed by atoms with Crippen LogP contribution in [-0.4, -0.2) is 11.0 Å². The van der Waals surface area contributed by atoms with Crippen LogP contribution in [0.4, 0.5) is 5.00 Å². The molecule has 1 amide bonds. The standard InChI is InChI=1S/C18H20N2O2S/c1-9-4-6-13(21)12(7-9)16-19-17(22)15-11-5-3-10(2)8-14(11)23-18(15)20-16/h4,6-7,10,16,20-21H,3,5,8H2,1-2H3,(H,19,22)/t10-,16-/m1/s1. The number of carbonyl (C=O) groups is 1. The van der Waals surface area contributed by atoms with Crippen LogP contribution in [0.1, 0.15) is 51.4 Å². The van der Waals surface area contributed by atoms with Gasteiger partial charge in [-0.1, -0.05) is 18.6 Å². The summed E-state index contributed by atoms with van der Waals surface area (Å²) in [5.74, 6) is 0.853. The number of aryl methyl sites for hydroxylation is 1. The molecule has 2 aliphatic rings. The van der Waals surface area contributed by atoms with Crippen molar-refractivity contribution >= 4 is 22.2 Å². The Morgan fingerprint density at radius 2 is 2.13 bits per heavy atom. The topological polar surface area (TPSA) is 61.4 Å². The highest BCUT2D eigenvalue weighted by Gasteiger charge is 2.33. The molecule has 0 saturated heterocycles. The van der Waals surface area contributed by atoms with Gasteiger partial charge in [-0.15, -0.1) is 11.3 Å². The molecule has 0 unspecified atom stereocenters. The third kappa shape index (κ3) is 2.39. The van der Waals surface area contributed by atoms with Gasteiger partial charge in [0.25, 0.3) is 5.91 Å². The third-order valence-electron chi connectivity index (χ3n) is 4.78. The zero-order valence-corrected chi connectivity index (χ0v) is 14.1. The van der Waals surface area contributed by atoms with E-state index in [1.807, 2.05) is 19.1 Å². The summed E-state index contributed by atoms with van der Waals surface area (Å²) in [6, 6.07) is 5.45. The third-order valence-corrected chi connectivity index (χ3v) is 5.97. The molecule has 120 valence electrons. The number of amides is 1. The fourth-order valence-corrected chi connectivity index (χ4v) is 4.96. The molecule has 2 heterocycles. The minimum absolute atomic E-state index is 0.0308. The molecule has 2 atom stereocenters. The Morgan fingerprint density at radius 3 is 2.96 bits per heavy atom. The number of anilines is 1. The zero-order valence-electron chi connectivity index (χ0n) is 13.3. The summed E-state index contributed by atoms with van der Waals surface area (Å²) in [6.45, 7) is 4.24. The monoisotopic (exact) mass is 328 g/mol. The average Bonchev–Trinajstić information content (AvgIpc) is 2.87. The van der Waals surface area contributed by atoms with Gasteiger partial charge in [0.15, 0.2) is 0 Å². The Kier molecular flexibility index (Phi) is 3.34. The van der Waals surface area contributed by atoms with E-state index in [2.05, 4.69) is 17.6 Å². The number of carbonyl (C=O) groups excluding carboxylic acids is 1.